The van der Waals surface area contributed by atoms with E-state index in [1.807, 2.05) is 0 Å². The van der Waals surface area contributed by atoms with Gasteiger partial charge in [0.15, 0.2) is 0 Å². The molecule has 0 bridgehead atoms. The van der Waals surface area contributed by atoms with Crippen LogP contribution in [-0.4, -0.2) is 4.98 Å². The molecule has 0 radical (unpaired) electrons. The van der Waals surface area contributed by atoms with Gasteiger partial charge < -0.3 is 0 Å². The first-order valence-corrected chi connectivity index (χ1v) is 4.65. The van der Waals surface area contributed by atoms with Gasteiger partial charge in [0.25, 0.3) is 0 Å². The van der Waals surface area contributed by atoms with Gasteiger partial charge in [0.1, 0.15) is 5.15 Å². The Morgan fingerprint density at radius 3 is 2.67 bits per heavy atom. The quantitative estimate of drug-likeness (QED) is 0.572. The zero-order chi connectivity index (χ0) is 11.5. The van der Waals surface area contributed by atoms with E-state index in [4.69, 9.17) is 11.6 Å². The molecule has 0 aliphatic heterocycles. The summed E-state index contributed by atoms with van der Waals surface area (Å²) in [5, 5.41) is -0.509. The second-order valence-electron chi connectivity index (χ2n) is 3.01. The number of rotatable bonds is 3. The molecule has 0 atom stereocenters. The van der Waals surface area contributed by atoms with Gasteiger partial charge in [-0.15, -0.1) is 6.58 Å². The fourth-order valence-corrected chi connectivity index (χ4v) is 1.31. The Labute approximate surface area is 90.6 Å². The van der Waals surface area contributed by atoms with Crippen molar-refractivity contribution < 1.29 is 13.2 Å². The number of pyridine rings is 1. The van der Waals surface area contributed by atoms with Crippen LogP contribution in [0, 0.1) is 0 Å². The lowest BCUT2D eigenvalue weighted by Gasteiger charge is -2.09. The third kappa shape index (κ3) is 3.23. The van der Waals surface area contributed by atoms with Gasteiger partial charge >= 0.3 is 6.18 Å². The van der Waals surface area contributed by atoms with Gasteiger partial charge in [0.05, 0.1) is 5.56 Å². The van der Waals surface area contributed by atoms with Crippen LogP contribution < -0.4 is 0 Å². The van der Waals surface area contributed by atoms with Crippen molar-refractivity contribution in [3.05, 3.63) is 41.2 Å². The Morgan fingerprint density at radius 1 is 1.47 bits per heavy atom. The third-order valence-electron chi connectivity index (χ3n) is 1.84. The third-order valence-corrected chi connectivity index (χ3v) is 2.14. The average molecular weight is 236 g/mol. The molecule has 0 aliphatic carbocycles. The lowest BCUT2D eigenvalue weighted by molar-refractivity contribution is -0.137. The second kappa shape index (κ2) is 4.66. The fourth-order valence-electron chi connectivity index (χ4n) is 1.10. The van der Waals surface area contributed by atoms with E-state index >= 15 is 0 Å². The summed E-state index contributed by atoms with van der Waals surface area (Å²) < 4.78 is 37.2. The van der Waals surface area contributed by atoms with Crippen molar-refractivity contribution in [2.45, 2.75) is 19.0 Å². The predicted molar refractivity (Wildman–Crippen MR) is 52.8 cm³/mol. The van der Waals surface area contributed by atoms with E-state index in [1.165, 1.54) is 6.20 Å². The molecule has 1 nitrogen and oxygen atoms in total. The van der Waals surface area contributed by atoms with E-state index in [0.29, 0.717) is 18.4 Å². The summed E-state index contributed by atoms with van der Waals surface area (Å²) in [5.41, 5.74) is -0.377. The van der Waals surface area contributed by atoms with Gasteiger partial charge in [-0.1, -0.05) is 17.7 Å². The highest BCUT2D eigenvalue weighted by molar-refractivity contribution is 6.30. The number of hydrogen-bond donors (Lipinski definition) is 0. The van der Waals surface area contributed by atoms with Crippen molar-refractivity contribution in [2.75, 3.05) is 0 Å². The molecule has 0 unspecified atom stereocenters. The first-order valence-electron chi connectivity index (χ1n) is 4.27. The molecule has 5 heteroatoms. The van der Waals surface area contributed by atoms with Crippen molar-refractivity contribution >= 4 is 11.6 Å². The summed E-state index contributed by atoms with van der Waals surface area (Å²) in [7, 11) is 0. The number of allylic oxidation sites excluding steroid dienone is 1. The SMILES string of the molecule is C=CCCc1cnc(Cl)c(C(F)(F)F)c1. The maximum atomic E-state index is 12.4. The number of halogens is 4. The minimum atomic E-state index is -4.45. The highest BCUT2D eigenvalue weighted by Gasteiger charge is 2.34. The Balaban J connectivity index is 3.00. The number of nitrogens with zero attached hydrogens (tertiary/aromatic N) is 1. The number of aryl methyl sites for hydroxylation is 1. The van der Waals surface area contributed by atoms with E-state index in [9.17, 15) is 13.2 Å². The van der Waals surface area contributed by atoms with Gasteiger partial charge in [0.2, 0.25) is 0 Å². The van der Waals surface area contributed by atoms with Crippen LogP contribution in [0.25, 0.3) is 0 Å². The number of aromatic nitrogens is 1. The minimum absolute atomic E-state index is 0.483. The molecule has 0 aliphatic rings. The summed E-state index contributed by atoms with van der Waals surface area (Å²) >= 11 is 5.36. The number of hydrogen-bond acceptors (Lipinski definition) is 1. The standard InChI is InChI=1S/C10H9ClF3N/c1-2-3-4-7-5-8(10(12,13)14)9(11)15-6-7/h2,5-6H,1,3-4H2. The van der Waals surface area contributed by atoms with Crippen molar-refractivity contribution in [1.29, 1.82) is 0 Å². The van der Waals surface area contributed by atoms with Crippen LogP contribution in [0.4, 0.5) is 13.2 Å². The normalized spacial score (nSPS) is 11.5. The maximum Gasteiger partial charge on any atom is 0.419 e. The Hall–Kier alpha value is -1.03. The fraction of sp³-hybridized carbons (Fsp3) is 0.300. The molecular formula is C10H9ClF3N. The maximum absolute atomic E-state index is 12.4. The second-order valence-corrected chi connectivity index (χ2v) is 3.37. The molecule has 0 saturated carbocycles. The molecule has 0 saturated heterocycles. The topological polar surface area (TPSA) is 12.9 Å². The summed E-state index contributed by atoms with van der Waals surface area (Å²) in [5.74, 6) is 0. The first-order chi connectivity index (χ1) is 6.95. The lowest BCUT2D eigenvalue weighted by atomic mass is 10.1. The Morgan fingerprint density at radius 2 is 2.13 bits per heavy atom. The van der Waals surface area contributed by atoms with Crippen molar-refractivity contribution in [2.24, 2.45) is 0 Å². The van der Waals surface area contributed by atoms with Crippen LogP contribution in [0.1, 0.15) is 17.5 Å². The Kier molecular flexibility index (Phi) is 3.74. The van der Waals surface area contributed by atoms with E-state index in [2.05, 4.69) is 11.6 Å². The van der Waals surface area contributed by atoms with Gasteiger partial charge in [-0.25, -0.2) is 4.98 Å². The molecule has 1 aromatic rings. The summed E-state index contributed by atoms with van der Waals surface area (Å²) in [6.07, 6.45) is -0.366. The number of alkyl halides is 3. The van der Waals surface area contributed by atoms with E-state index in [1.54, 1.807) is 6.08 Å². The molecule has 1 rings (SSSR count). The molecular weight excluding hydrogens is 227 g/mol. The predicted octanol–water partition coefficient (Wildman–Crippen LogP) is 3.87. The van der Waals surface area contributed by atoms with Gasteiger partial charge in [-0.05, 0) is 24.5 Å². The van der Waals surface area contributed by atoms with E-state index in [0.717, 1.165) is 6.07 Å². The zero-order valence-electron chi connectivity index (χ0n) is 7.81. The first kappa shape index (κ1) is 12.0. The summed E-state index contributed by atoms with van der Waals surface area (Å²) in [6.45, 7) is 3.50. The monoisotopic (exact) mass is 235 g/mol. The van der Waals surface area contributed by atoms with E-state index < -0.39 is 16.9 Å². The van der Waals surface area contributed by atoms with Gasteiger partial charge in [-0.3, -0.25) is 0 Å². The molecule has 15 heavy (non-hydrogen) atoms. The molecule has 0 spiro atoms. The van der Waals surface area contributed by atoms with E-state index in [-0.39, 0.29) is 0 Å². The molecule has 0 N–H and O–H groups in total. The molecule has 0 aromatic carbocycles. The van der Waals surface area contributed by atoms with Crippen LogP contribution in [0.5, 0.6) is 0 Å². The minimum Gasteiger partial charge on any atom is -0.244 e. The van der Waals surface area contributed by atoms with Crippen molar-refractivity contribution in [1.82, 2.24) is 4.98 Å². The molecule has 1 heterocycles. The molecule has 0 amide bonds. The van der Waals surface area contributed by atoms with Gasteiger partial charge in [0, 0.05) is 6.20 Å². The molecule has 0 fully saturated rings. The highest BCUT2D eigenvalue weighted by atomic mass is 35.5. The smallest absolute Gasteiger partial charge is 0.244 e. The van der Waals surface area contributed by atoms with Crippen molar-refractivity contribution in [3.8, 4) is 0 Å². The highest BCUT2D eigenvalue weighted by Crippen LogP contribution is 2.34. The van der Waals surface area contributed by atoms with Crippen LogP contribution in [0.2, 0.25) is 5.15 Å². The van der Waals surface area contributed by atoms with Crippen LogP contribution in [0.3, 0.4) is 0 Å². The average Bonchev–Trinajstić information content (AvgIpc) is 2.15. The summed E-state index contributed by atoms with van der Waals surface area (Å²) in [4.78, 5) is 3.51. The molecule has 1 aromatic heterocycles. The Bertz CT molecular complexity index is 360. The zero-order valence-corrected chi connectivity index (χ0v) is 8.57. The van der Waals surface area contributed by atoms with Gasteiger partial charge in [-0.2, -0.15) is 13.2 Å². The molecule has 82 valence electrons. The van der Waals surface area contributed by atoms with Crippen LogP contribution in [-0.2, 0) is 12.6 Å². The largest absolute Gasteiger partial charge is 0.419 e. The van der Waals surface area contributed by atoms with Crippen LogP contribution >= 0.6 is 11.6 Å². The lowest BCUT2D eigenvalue weighted by Crippen LogP contribution is -2.07. The van der Waals surface area contributed by atoms with Crippen molar-refractivity contribution in [3.63, 3.8) is 0 Å². The van der Waals surface area contributed by atoms with Crippen LogP contribution in [0.15, 0.2) is 24.9 Å². The summed E-state index contributed by atoms with van der Waals surface area (Å²) in [6, 6.07) is 1.03.